The smallest absolute Gasteiger partial charge is 0.260 e. The van der Waals surface area contributed by atoms with E-state index in [2.05, 4.69) is 21.8 Å². The Hall–Kier alpha value is -2.13. The number of halogens is 1. The third kappa shape index (κ3) is 6.93. The van der Waals surface area contributed by atoms with Crippen LogP contribution in [0.2, 0.25) is 5.02 Å². The minimum atomic E-state index is -3.64. The Labute approximate surface area is 195 Å². The number of rotatable bonds is 9. The molecule has 1 saturated heterocycles. The van der Waals surface area contributed by atoms with Gasteiger partial charge in [-0.15, -0.1) is 0 Å². The maximum Gasteiger partial charge on any atom is 0.260 e. The molecule has 174 valence electrons. The van der Waals surface area contributed by atoms with Crippen LogP contribution in [0.5, 0.6) is 5.75 Å². The molecule has 32 heavy (non-hydrogen) atoms. The minimum Gasteiger partial charge on any atom is -0.482 e. The standard InChI is InChI=1S/C23H30ClN3O4S/c1-18(2)15-25-32(29,30)20-8-9-22(21(24)14-20)31-17-23(28)27-12-10-26(11-13-27)16-19-6-4-3-5-7-19/h3-9,14,18,25H,10-13,15-17H2,1-2H3. The molecule has 9 heteroatoms. The Balaban J connectivity index is 1.48. The molecule has 0 spiro atoms. The molecular formula is C23H30ClN3O4S. The van der Waals surface area contributed by atoms with Gasteiger partial charge in [-0.25, -0.2) is 13.1 Å². The molecule has 7 nitrogen and oxygen atoms in total. The van der Waals surface area contributed by atoms with Crippen molar-refractivity contribution in [2.45, 2.75) is 25.3 Å². The molecule has 0 radical (unpaired) electrons. The Bertz CT molecular complexity index is 1010. The molecule has 1 fully saturated rings. The van der Waals surface area contributed by atoms with Gasteiger partial charge >= 0.3 is 0 Å². The molecule has 0 aliphatic carbocycles. The molecule has 1 heterocycles. The SMILES string of the molecule is CC(C)CNS(=O)(=O)c1ccc(OCC(=O)N2CCN(Cc3ccccc3)CC2)c(Cl)c1. The van der Waals surface area contributed by atoms with Crippen LogP contribution in [0.3, 0.4) is 0 Å². The van der Waals surface area contributed by atoms with E-state index in [1.54, 1.807) is 4.90 Å². The van der Waals surface area contributed by atoms with E-state index in [0.717, 1.165) is 19.6 Å². The van der Waals surface area contributed by atoms with Crippen LogP contribution in [0.25, 0.3) is 0 Å². The molecule has 0 saturated carbocycles. The number of carbonyl (C=O) groups excluding carboxylic acids is 1. The summed E-state index contributed by atoms with van der Waals surface area (Å²) in [6.45, 7) is 7.80. The van der Waals surface area contributed by atoms with E-state index in [1.165, 1.54) is 23.8 Å². The van der Waals surface area contributed by atoms with Crippen molar-refractivity contribution in [1.82, 2.24) is 14.5 Å². The van der Waals surface area contributed by atoms with E-state index in [1.807, 2.05) is 32.0 Å². The number of ether oxygens (including phenoxy) is 1. The first-order valence-corrected chi connectivity index (χ1v) is 12.6. The third-order valence-corrected chi connectivity index (χ3v) is 6.94. The Kier molecular flexibility index (Phi) is 8.53. The van der Waals surface area contributed by atoms with E-state index in [4.69, 9.17) is 16.3 Å². The van der Waals surface area contributed by atoms with E-state index >= 15 is 0 Å². The number of hydrogen-bond acceptors (Lipinski definition) is 5. The fraction of sp³-hybridized carbons (Fsp3) is 0.435. The molecule has 1 N–H and O–H groups in total. The highest BCUT2D eigenvalue weighted by Crippen LogP contribution is 2.27. The lowest BCUT2D eigenvalue weighted by Crippen LogP contribution is -2.49. The summed E-state index contributed by atoms with van der Waals surface area (Å²) < 4.78 is 32.8. The topological polar surface area (TPSA) is 78.9 Å². The molecule has 0 aromatic heterocycles. The van der Waals surface area contributed by atoms with Crippen molar-refractivity contribution >= 4 is 27.5 Å². The van der Waals surface area contributed by atoms with Crippen molar-refractivity contribution in [3.05, 3.63) is 59.1 Å². The molecule has 0 bridgehead atoms. The number of piperazine rings is 1. The average Bonchev–Trinajstić information content (AvgIpc) is 2.78. The van der Waals surface area contributed by atoms with Crippen LogP contribution in [0, 0.1) is 5.92 Å². The van der Waals surface area contributed by atoms with Gasteiger partial charge in [0, 0.05) is 39.3 Å². The second-order valence-corrected chi connectivity index (χ2v) is 10.4. The zero-order valence-corrected chi connectivity index (χ0v) is 20.0. The van der Waals surface area contributed by atoms with Crippen LogP contribution in [0.4, 0.5) is 0 Å². The van der Waals surface area contributed by atoms with Crippen LogP contribution >= 0.6 is 11.6 Å². The van der Waals surface area contributed by atoms with Crippen LogP contribution in [-0.4, -0.2) is 63.5 Å². The number of hydrogen-bond donors (Lipinski definition) is 1. The van der Waals surface area contributed by atoms with E-state index in [-0.39, 0.29) is 34.1 Å². The van der Waals surface area contributed by atoms with Gasteiger partial charge in [-0.05, 0) is 29.7 Å². The van der Waals surface area contributed by atoms with Crippen molar-refractivity contribution < 1.29 is 17.9 Å². The highest BCUT2D eigenvalue weighted by molar-refractivity contribution is 7.89. The molecule has 1 aliphatic rings. The summed E-state index contributed by atoms with van der Waals surface area (Å²) in [5, 5.41) is 0.151. The van der Waals surface area contributed by atoms with Gasteiger partial charge in [0.05, 0.1) is 9.92 Å². The fourth-order valence-corrected chi connectivity index (χ4v) is 4.89. The lowest BCUT2D eigenvalue weighted by Gasteiger charge is -2.34. The van der Waals surface area contributed by atoms with Crippen molar-refractivity contribution in [2.75, 3.05) is 39.3 Å². The van der Waals surface area contributed by atoms with E-state index in [9.17, 15) is 13.2 Å². The predicted molar refractivity (Wildman–Crippen MR) is 125 cm³/mol. The van der Waals surface area contributed by atoms with Gasteiger partial charge in [0.25, 0.3) is 5.91 Å². The van der Waals surface area contributed by atoms with E-state index in [0.29, 0.717) is 19.6 Å². The Morgan fingerprint density at radius 1 is 1.09 bits per heavy atom. The fourth-order valence-electron chi connectivity index (χ4n) is 3.35. The number of amides is 1. The zero-order chi connectivity index (χ0) is 23.1. The molecule has 2 aromatic carbocycles. The Morgan fingerprint density at radius 2 is 1.78 bits per heavy atom. The van der Waals surface area contributed by atoms with Gasteiger partial charge in [0.2, 0.25) is 10.0 Å². The van der Waals surface area contributed by atoms with Gasteiger partial charge < -0.3 is 9.64 Å². The first-order valence-electron chi connectivity index (χ1n) is 10.7. The molecule has 2 aromatic rings. The lowest BCUT2D eigenvalue weighted by molar-refractivity contribution is -0.135. The van der Waals surface area contributed by atoms with Crippen LogP contribution in [0.15, 0.2) is 53.4 Å². The summed E-state index contributed by atoms with van der Waals surface area (Å²) in [6.07, 6.45) is 0. The number of benzene rings is 2. The third-order valence-electron chi connectivity index (χ3n) is 5.22. The maximum atomic E-state index is 12.6. The Morgan fingerprint density at radius 3 is 2.41 bits per heavy atom. The predicted octanol–water partition coefficient (Wildman–Crippen LogP) is 3.00. The normalized spacial score (nSPS) is 15.2. The number of nitrogens with one attached hydrogen (secondary N) is 1. The lowest BCUT2D eigenvalue weighted by atomic mass is 10.2. The molecule has 0 atom stereocenters. The molecule has 3 rings (SSSR count). The van der Waals surface area contributed by atoms with Crippen molar-refractivity contribution in [3.63, 3.8) is 0 Å². The van der Waals surface area contributed by atoms with Crippen molar-refractivity contribution in [2.24, 2.45) is 5.92 Å². The summed E-state index contributed by atoms with van der Waals surface area (Å²) in [5.41, 5.74) is 1.26. The van der Waals surface area contributed by atoms with Gasteiger partial charge in [-0.3, -0.25) is 9.69 Å². The molecule has 1 aliphatic heterocycles. The highest BCUT2D eigenvalue weighted by Gasteiger charge is 2.22. The van der Waals surface area contributed by atoms with Crippen molar-refractivity contribution in [3.8, 4) is 5.75 Å². The summed E-state index contributed by atoms with van der Waals surface area (Å²) >= 11 is 6.21. The second kappa shape index (κ2) is 11.1. The van der Waals surface area contributed by atoms with E-state index < -0.39 is 10.0 Å². The number of carbonyl (C=O) groups is 1. The number of nitrogens with zero attached hydrogens (tertiary/aromatic N) is 2. The summed E-state index contributed by atoms with van der Waals surface area (Å²) in [4.78, 5) is 16.7. The van der Waals surface area contributed by atoms with Gasteiger partial charge in [0.15, 0.2) is 6.61 Å². The van der Waals surface area contributed by atoms with Crippen LogP contribution < -0.4 is 9.46 Å². The minimum absolute atomic E-state index is 0.0661. The summed E-state index contributed by atoms with van der Waals surface area (Å²) in [5.74, 6) is 0.357. The first kappa shape index (κ1) is 24.5. The van der Waals surface area contributed by atoms with Gasteiger partial charge in [0.1, 0.15) is 5.75 Å². The monoisotopic (exact) mass is 479 g/mol. The maximum absolute atomic E-state index is 12.6. The molecule has 1 amide bonds. The second-order valence-electron chi connectivity index (χ2n) is 8.27. The average molecular weight is 480 g/mol. The van der Waals surface area contributed by atoms with Crippen LogP contribution in [0.1, 0.15) is 19.4 Å². The van der Waals surface area contributed by atoms with Crippen molar-refractivity contribution in [1.29, 1.82) is 0 Å². The summed E-state index contributed by atoms with van der Waals surface area (Å²) in [6, 6.07) is 14.5. The van der Waals surface area contributed by atoms with Gasteiger partial charge in [-0.2, -0.15) is 0 Å². The molecule has 0 unspecified atom stereocenters. The highest BCUT2D eigenvalue weighted by atomic mass is 35.5. The van der Waals surface area contributed by atoms with Gasteiger partial charge in [-0.1, -0.05) is 55.8 Å². The summed E-state index contributed by atoms with van der Waals surface area (Å²) in [7, 11) is -3.64. The number of sulfonamides is 1. The quantitative estimate of drug-likeness (QED) is 0.598. The zero-order valence-electron chi connectivity index (χ0n) is 18.5. The first-order chi connectivity index (χ1) is 15.2. The largest absolute Gasteiger partial charge is 0.482 e. The molecular weight excluding hydrogens is 450 g/mol. The van der Waals surface area contributed by atoms with Crippen LogP contribution in [-0.2, 0) is 21.4 Å².